The number of hydrogen-bond donors (Lipinski definition) is 0. The highest BCUT2D eigenvalue weighted by Crippen LogP contribution is 2.12. The van der Waals surface area contributed by atoms with Crippen LogP contribution in [0, 0.1) is 0 Å². The van der Waals surface area contributed by atoms with Gasteiger partial charge in [0.05, 0.1) is 10.9 Å². The minimum absolute atomic E-state index is 0.00393. The molecule has 0 radical (unpaired) electrons. The number of aryl methyl sites for hydroxylation is 1. The van der Waals surface area contributed by atoms with E-state index in [0.717, 1.165) is 17.5 Å². The molecule has 4 rings (SSSR count). The lowest BCUT2D eigenvalue weighted by Crippen LogP contribution is -2.24. The van der Waals surface area contributed by atoms with Gasteiger partial charge in [0.15, 0.2) is 0 Å². The number of aromatic nitrogens is 2. The van der Waals surface area contributed by atoms with E-state index < -0.39 is 0 Å². The van der Waals surface area contributed by atoms with Gasteiger partial charge in [-0.1, -0.05) is 78.9 Å². The van der Waals surface area contributed by atoms with E-state index in [2.05, 4.69) is 12.1 Å². The predicted molar refractivity (Wildman–Crippen MR) is 112 cm³/mol. The van der Waals surface area contributed by atoms with Crippen molar-refractivity contribution in [2.45, 2.75) is 13.0 Å². The fraction of sp³-hybridized carbons (Fsp3) is 0.0833. The summed E-state index contributed by atoms with van der Waals surface area (Å²) < 4.78 is 1.77. The van der Waals surface area contributed by atoms with Gasteiger partial charge >= 0.3 is 0 Å². The average Bonchev–Trinajstić information content (AvgIpc) is 2.73. The van der Waals surface area contributed by atoms with Crippen LogP contribution in [0.3, 0.4) is 0 Å². The molecule has 0 saturated carbocycles. The summed E-state index contributed by atoms with van der Waals surface area (Å²) in [4.78, 5) is 17.8. The van der Waals surface area contributed by atoms with Crippen LogP contribution >= 0.6 is 0 Å². The lowest BCUT2D eigenvalue weighted by Gasteiger charge is -2.11. The van der Waals surface area contributed by atoms with Crippen LogP contribution in [0.4, 0.5) is 0 Å². The van der Waals surface area contributed by atoms with Crippen molar-refractivity contribution < 1.29 is 0 Å². The van der Waals surface area contributed by atoms with Crippen molar-refractivity contribution in [3.05, 3.63) is 112 Å². The molecule has 1 heterocycles. The molecule has 3 aromatic carbocycles. The van der Waals surface area contributed by atoms with Gasteiger partial charge in [-0.3, -0.25) is 9.36 Å². The fourth-order valence-corrected chi connectivity index (χ4v) is 3.15. The largest absolute Gasteiger partial charge is 0.292 e. The molecule has 1 aromatic heterocycles. The van der Waals surface area contributed by atoms with Crippen LogP contribution in [0.5, 0.6) is 0 Å². The standard InChI is InChI=1S/C24H20N2O/c27-24-21-13-7-8-14-22(21)25-23(16-15-19-9-3-1-4-10-19)26(24)18-17-20-11-5-2-6-12-20/h1-16H,17-18H2. The lowest BCUT2D eigenvalue weighted by atomic mass is 10.1. The van der Waals surface area contributed by atoms with Gasteiger partial charge in [-0.15, -0.1) is 0 Å². The van der Waals surface area contributed by atoms with Crippen molar-refractivity contribution in [3.8, 4) is 0 Å². The van der Waals surface area contributed by atoms with Gasteiger partial charge in [0.2, 0.25) is 0 Å². The zero-order valence-corrected chi connectivity index (χ0v) is 15.0. The Kier molecular flexibility index (Phi) is 4.93. The first-order chi connectivity index (χ1) is 13.3. The Labute approximate surface area is 158 Å². The number of hydrogen-bond acceptors (Lipinski definition) is 2. The van der Waals surface area contributed by atoms with E-state index in [4.69, 9.17) is 4.98 Å². The van der Waals surface area contributed by atoms with Crippen LogP contribution in [0.15, 0.2) is 89.7 Å². The molecule has 0 fully saturated rings. The second-order valence-corrected chi connectivity index (χ2v) is 6.42. The minimum atomic E-state index is 0.00393. The Hall–Kier alpha value is -3.46. The second kappa shape index (κ2) is 7.83. The summed E-state index contributed by atoms with van der Waals surface area (Å²) in [6, 6.07) is 27.8. The van der Waals surface area contributed by atoms with E-state index in [9.17, 15) is 4.79 Å². The molecule has 0 N–H and O–H groups in total. The molecule has 0 aliphatic carbocycles. The topological polar surface area (TPSA) is 34.9 Å². The Morgan fingerprint density at radius 1 is 0.778 bits per heavy atom. The van der Waals surface area contributed by atoms with Crippen molar-refractivity contribution in [1.82, 2.24) is 9.55 Å². The summed E-state index contributed by atoms with van der Waals surface area (Å²) in [5.41, 5.74) is 3.01. The Morgan fingerprint density at radius 2 is 1.44 bits per heavy atom. The maximum atomic E-state index is 13.1. The molecule has 132 valence electrons. The highest BCUT2D eigenvalue weighted by Gasteiger charge is 2.09. The number of rotatable bonds is 5. The molecule has 0 atom stereocenters. The van der Waals surface area contributed by atoms with Crippen molar-refractivity contribution in [3.63, 3.8) is 0 Å². The van der Waals surface area contributed by atoms with E-state index in [1.54, 1.807) is 4.57 Å². The number of para-hydroxylation sites is 1. The maximum Gasteiger partial charge on any atom is 0.261 e. The van der Waals surface area contributed by atoms with Gasteiger partial charge in [-0.25, -0.2) is 4.98 Å². The van der Waals surface area contributed by atoms with Gasteiger partial charge < -0.3 is 0 Å². The minimum Gasteiger partial charge on any atom is -0.292 e. The highest BCUT2D eigenvalue weighted by molar-refractivity contribution is 5.79. The third kappa shape index (κ3) is 3.87. The molecular formula is C24H20N2O. The summed E-state index contributed by atoms with van der Waals surface area (Å²) in [7, 11) is 0. The lowest BCUT2D eigenvalue weighted by molar-refractivity contribution is 0.655. The average molecular weight is 352 g/mol. The Morgan fingerprint density at radius 3 is 2.22 bits per heavy atom. The Balaban J connectivity index is 1.75. The summed E-state index contributed by atoms with van der Waals surface area (Å²) in [6.07, 6.45) is 4.71. The molecule has 0 unspecified atom stereocenters. The molecular weight excluding hydrogens is 332 g/mol. The molecule has 0 aliphatic rings. The molecule has 0 amide bonds. The van der Waals surface area contributed by atoms with E-state index >= 15 is 0 Å². The van der Waals surface area contributed by atoms with Crippen LogP contribution in [0.1, 0.15) is 17.0 Å². The van der Waals surface area contributed by atoms with E-state index in [0.29, 0.717) is 17.8 Å². The molecule has 0 spiro atoms. The van der Waals surface area contributed by atoms with Crippen LogP contribution in [-0.4, -0.2) is 9.55 Å². The summed E-state index contributed by atoms with van der Waals surface area (Å²) in [5, 5.41) is 0.655. The SMILES string of the molecule is O=c1c2ccccc2nc(C=Cc2ccccc2)n1CCc1ccccc1. The zero-order valence-electron chi connectivity index (χ0n) is 15.0. The smallest absolute Gasteiger partial charge is 0.261 e. The molecule has 4 aromatic rings. The second-order valence-electron chi connectivity index (χ2n) is 6.42. The van der Waals surface area contributed by atoms with Crippen LogP contribution in [0.2, 0.25) is 0 Å². The molecule has 0 bridgehead atoms. The van der Waals surface area contributed by atoms with Gasteiger partial charge in [0, 0.05) is 6.54 Å². The third-order valence-electron chi connectivity index (χ3n) is 4.58. The van der Waals surface area contributed by atoms with Crippen molar-refractivity contribution >= 4 is 23.1 Å². The van der Waals surface area contributed by atoms with Crippen LogP contribution in [0.25, 0.3) is 23.1 Å². The summed E-state index contributed by atoms with van der Waals surface area (Å²) in [6.45, 7) is 0.592. The van der Waals surface area contributed by atoms with Crippen LogP contribution < -0.4 is 5.56 Å². The first-order valence-electron chi connectivity index (χ1n) is 9.08. The first-order valence-corrected chi connectivity index (χ1v) is 9.08. The quantitative estimate of drug-likeness (QED) is 0.517. The predicted octanol–water partition coefficient (Wildman–Crippen LogP) is 4.81. The monoisotopic (exact) mass is 352 g/mol. The van der Waals surface area contributed by atoms with Crippen LogP contribution in [-0.2, 0) is 13.0 Å². The maximum absolute atomic E-state index is 13.1. The first kappa shape index (κ1) is 17.0. The molecule has 0 aliphatic heterocycles. The number of benzene rings is 3. The highest BCUT2D eigenvalue weighted by atomic mass is 16.1. The van der Waals surface area contributed by atoms with Gasteiger partial charge in [0.25, 0.3) is 5.56 Å². The Bertz CT molecular complexity index is 1130. The van der Waals surface area contributed by atoms with Gasteiger partial charge in [-0.2, -0.15) is 0 Å². The van der Waals surface area contributed by atoms with Crippen molar-refractivity contribution in [1.29, 1.82) is 0 Å². The number of fused-ring (bicyclic) bond motifs is 1. The van der Waals surface area contributed by atoms with Crippen molar-refractivity contribution in [2.24, 2.45) is 0 Å². The normalized spacial score (nSPS) is 11.3. The molecule has 3 heteroatoms. The van der Waals surface area contributed by atoms with Crippen molar-refractivity contribution in [2.75, 3.05) is 0 Å². The zero-order chi connectivity index (χ0) is 18.5. The fourth-order valence-electron chi connectivity index (χ4n) is 3.15. The molecule has 0 saturated heterocycles. The van der Waals surface area contributed by atoms with E-state index in [1.165, 1.54) is 5.56 Å². The summed E-state index contributed by atoms with van der Waals surface area (Å²) >= 11 is 0. The third-order valence-corrected chi connectivity index (χ3v) is 4.58. The molecule has 27 heavy (non-hydrogen) atoms. The number of nitrogens with zero attached hydrogens (tertiary/aromatic N) is 2. The van der Waals surface area contributed by atoms with Gasteiger partial charge in [-0.05, 0) is 35.8 Å². The summed E-state index contributed by atoms with van der Waals surface area (Å²) in [5.74, 6) is 0.679. The van der Waals surface area contributed by atoms with Gasteiger partial charge in [0.1, 0.15) is 5.82 Å². The van der Waals surface area contributed by atoms with E-state index in [1.807, 2.05) is 84.9 Å². The molecule has 3 nitrogen and oxygen atoms in total. The van der Waals surface area contributed by atoms with E-state index in [-0.39, 0.29) is 5.56 Å².